The van der Waals surface area contributed by atoms with Crippen molar-refractivity contribution in [1.29, 1.82) is 0 Å². The monoisotopic (exact) mass is 231 g/mol. The first-order chi connectivity index (χ1) is 5.54. The maximum atomic E-state index is 9.42. The van der Waals surface area contributed by atoms with Crippen LogP contribution < -0.4 is 4.46 Å². The predicted molar refractivity (Wildman–Crippen MR) is 54.7 cm³/mol. The molecule has 0 bridgehead atoms. The van der Waals surface area contributed by atoms with E-state index in [9.17, 15) is 5.11 Å². The van der Waals surface area contributed by atoms with Crippen LogP contribution >= 0.6 is 0 Å². The molecule has 1 aromatic carbocycles. The number of aromatic hydroxyl groups is 1. The molecule has 0 unspecified atom stereocenters. The van der Waals surface area contributed by atoms with E-state index in [1.807, 2.05) is 6.92 Å². The molecule has 2 heteroatoms. The first kappa shape index (κ1) is 9.63. The normalized spacial score (nSPS) is 10.8. The molecule has 0 aromatic heterocycles. The summed E-state index contributed by atoms with van der Waals surface area (Å²) in [4.78, 5) is 0. The number of hydrogen-bond donors (Lipinski definition) is 1. The molecular formula is C10H15OSe+. The van der Waals surface area contributed by atoms with E-state index >= 15 is 0 Å². The van der Waals surface area contributed by atoms with Crippen molar-refractivity contribution in [2.75, 3.05) is 0 Å². The van der Waals surface area contributed by atoms with Crippen LogP contribution in [0.2, 0.25) is 11.6 Å². The standard InChI is InChI=1S/C10H14OSe/c1-7-8(2)10(12(3)4)6-5-9(7)11/h5-6H,1-4H3/p+1. The van der Waals surface area contributed by atoms with Crippen LogP contribution in [0.15, 0.2) is 12.1 Å². The van der Waals surface area contributed by atoms with Crippen molar-refractivity contribution < 1.29 is 5.11 Å². The summed E-state index contributed by atoms with van der Waals surface area (Å²) in [6.07, 6.45) is 0. The van der Waals surface area contributed by atoms with Crippen LogP contribution in [0.25, 0.3) is 0 Å². The van der Waals surface area contributed by atoms with Crippen molar-refractivity contribution >= 4 is 18.4 Å². The van der Waals surface area contributed by atoms with Gasteiger partial charge in [0.15, 0.2) is 0 Å². The number of phenols is 1. The van der Waals surface area contributed by atoms with Crippen molar-refractivity contribution in [3.05, 3.63) is 23.3 Å². The fourth-order valence-corrected chi connectivity index (χ4v) is 3.54. The van der Waals surface area contributed by atoms with Gasteiger partial charge in [0.1, 0.15) is 0 Å². The summed E-state index contributed by atoms with van der Waals surface area (Å²) in [7, 11) is 0. The van der Waals surface area contributed by atoms with E-state index in [1.54, 1.807) is 6.07 Å². The molecule has 1 aromatic rings. The van der Waals surface area contributed by atoms with E-state index in [-0.39, 0.29) is 0 Å². The van der Waals surface area contributed by atoms with E-state index < -0.39 is 13.9 Å². The Kier molecular flexibility index (Phi) is 2.81. The Morgan fingerprint density at radius 3 is 2.17 bits per heavy atom. The molecule has 0 heterocycles. The molecule has 0 saturated carbocycles. The van der Waals surface area contributed by atoms with E-state index in [2.05, 4.69) is 24.6 Å². The number of phenolic OH excluding ortho intramolecular Hbond substituents is 1. The van der Waals surface area contributed by atoms with Gasteiger partial charge in [-0.1, -0.05) is 0 Å². The zero-order valence-electron chi connectivity index (χ0n) is 8.01. The zero-order chi connectivity index (χ0) is 9.30. The Hall–Kier alpha value is -0.461. The number of rotatable bonds is 1. The minimum atomic E-state index is -0.602. The third-order valence-corrected chi connectivity index (χ3v) is 4.92. The Morgan fingerprint density at radius 1 is 1.08 bits per heavy atom. The van der Waals surface area contributed by atoms with Crippen LogP contribution in [0.5, 0.6) is 5.75 Å². The quantitative estimate of drug-likeness (QED) is 0.731. The maximum absolute atomic E-state index is 9.42. The Bertz CT molecular complexity index is 292. The van der Waals surface area contributed by atoms with Gasteiger partial charge in [0.05, 0.1) is 0 Å². The van der Waals surface area contributed by atoms with E-state index in [1.165, 1.54) is 10.0 Å². The van der Waals surface area contributed by atoms with Crippen molar-refractivity contribution in [1.82, 2.24) is 0 Å². The summed E-state index contributed by atoms with van der Waals surface area (Å²) in [5, 5.41) is 9.42. The van der Waals surface area contributed by atoms with Crippen LogP contribution in [0.3, 0.4) is 0 Å². The molecule has 0 aliphatic heterocycles. The molecule has 0 aliphatic carbocycles. The van der Waals surface area contributed by atoms with Crippen molar-refractivity contribution in [3.63, 3.8) is 0 Å². The average molecular weight is 230 g/mol. The second-order valence-corrected chi connectivity index (χ2v) is 7.50. The van der Waals surface area contributed by atoms with Crippen LogP contribution in [-0.4, -0.2) is 19.0 Å². The van der Waals surface area contributed by atoms with Gasteiger partial charge in [-0.05, 0) is 0 Å². The van der Waals surface area contributed by atoms with Crippen LogP contribution in [0.1, 0.15) is 11.1 Å². The van der Waals surface area contributed by atoms with Crippen LogP contribution in [0.4, 0.5) is 0 Å². The van der Waals surface area contributed by atoms with Gasteiger partial charge < -0.3 is 0 Å². The Balaban J connectivity index is 3.27. The fraction of sp³-hybridized carbons (Fsp3) is 0.400. The molecule has 1 nitrogen and oxygen atoms in total. The van der Waals surface area contributed by atoms with Crippen LogP contribution in [0, 0.1) is 13.8 Å². The molecule has 0 amide bonds. The minimum absolute atomic E-state index is 0.420. The Morgan fingerprint density at radius 2 is 1.67 bits per heavy atom. The number of benzene rings is 1. The van der Waals surface area contributed by atoms with Crippen molar-refractivity contribution in [3.8, 4) is 5.75 Å². The molecule has 0 saturated heterocycles. The van der Waals surface area contributed by atoms with Gasteiger partial charge in [0.2, 0.25) is 0 Å². The van der Waals surface area contributed by atoms with Gasteiger partial charge in [0, 0.05) is 0 Å². The van der Waals surface area contributed by atoms with E-state index in [0.29, 0.717) is 5.75 Å². The summed E-state index contributed by atoms with van der Waals surface area (Å²) in [6.45, 7) is 4.07. The van der Waals surface area contributed by atoms with Gasteiger partial charge in [-0.2, -0.15) is 0 Å². The van der Waals surface area contributed by atoms with Crippen molar-refractivity contribution in [2.45, 2.75) is 25.5 Å². The first-order valence-corrected chi connectivity index (χ1v) is 8.19. The van der Waals surface area contributed by atoms with Gasteiger partial charge in [-0.25, -0.2) is 0 Å². The molecule has 1 N–H and O–H groups in total. The fourth-order valence-electron chi connectivity index (χ4n) is 1.22. The third-order valence-electron chi connectivity index (χ3n) is 2.15. The van der Waals surface area contributed by atoms with Crippen molar-refractivity contribution in [2.24, 2.45) is 0 Å². The second-order valence-electron chi connectivity index (χ2n) is 3.15. The van der Waals surface area contributed by atoms with E-state index in [4.69, 9.17) is 0 Å². The van der Waals surface area contributed by atoms with Gasteiger partial charge in [0.25, 0.3) is 0 Å². The van der Waals surface area contributed by atoms with Gasteiger partial charge in [-0.15, -0.1) is 0 Å². The summed E-state index contributed by atoms with van der Waals surface area (Å²) in [5.74, 6) is 5.00. The topological polar surface area (TPSA) is 20.2 Å². The first-order valence-electron chi connectivity index (χ1n) is 3.90. The van der Waals surface area contributed by atoms with Gasteiger partial charge >= 0.3 is 78.0 Å². The molecule has 0 fully saturated rings. The molecular weight excluding hydrogens is 215 g/mol. The second kappa shape index (κ2) is 3.51. The third kappa shape index (κ3) is 1.65. The zero-order valence-corrected chi connectivity index (χ0v) is 9.72. The summed E-state index contributed by atoms with van der Waals surface area (Å²) < 4.78 is 1.45. The summed E-state index contributed by atoms with van der Waals surface area (Å²) >= 11 is -0.602. The molecule has 66 valence electrons. The molecule has 12 heavy (non-hydrogen) atoms. The molecule has 0 atom stereocenters. The number of hydrogen-bond acceptors (Lipinski definition) is 1. The molecule has 0 spiro atoms. The van der Waals surface area contributed by atoms with Crippen LogP contribution in [-0.2, 0) is 0 Å². The summed E-state index contributed by atoms with van der Waals surface area (Å²) in [5.41, 5.74) is 2.30. The molecule has 0 radical (unpaired) electrons. The Labute approximate surface area is 78.3 Å². The predicted octanol–water partition coefficient (Wildman–Crippen LogP) is 1.97. The molecule has 0 aliphatic rings. The van der Waals surface area contributed by atoms with Gasteiger partial charge in [-0.3, -0.25) is 0 Å². The van der Waals surface area contributed by atoms with E-state index in [0.717, 1.165) is 5.56 Å². The average Bonchev–Trinajstić information content (AvgIpc) is 2.00. The SMILES string of the molecule is Cc1c(O)ccc([Se+](C)C)c1C. The molecule has 1 rings (SSSR count). The summed E-state index contributed by atoms with van der Waals surface area (Å²) in [6, 6.07) is 3.86.